The van der Waals surface area contributed by atoms with Crippen LogP contribution >= 0.6 is 0 Å². The Morgan fingerprint density at radius 3 is 2.50 bits per heavy atom. The molecule has 24 heavy (non-hydrogen) atoms. The highest BCUT2D eigenvalue weighted by molar-refractivity contribution is 5.30. The van der Waals surface area contributed by atoms with E-state index >= 15 is 0 Å². The summed E-state index contributed by atoms with van der Waals surface area (Å²) >= 11 is 0. The van der Waals surface area contributed by atoms with Gasteiger partial charge in [-0.1, -0.05) is 64.5 Å². The molecule has 3 heteroatoms. The summed E-state index contributed by atoms with van der Waals surface area (Å²) in [7, 11) is 0. The van der Waals surface area contributed by atoms with Crippen molar-refractivity contribution in [1.82, 2.24) is 0 Å². The van der Waals surface area contributed by atoms with E-state index in [-0.39, 0.29) is 18.6 Å². The van der Waals surface area contributed by atoms with Crippen molar-refractivity contribution in [2.75, 3.05) is 13.2 Å². The average molecular weight is 336 g/mol. The Bertz CT molecular complexity index is 422. The Labute approximate surface area is 148 Å². The molecule has 1 aromatic rings. The number of benzene rings is 1. The molecule has 0 bridgehead atoms. The van der Waals surface area contributed by atoms with Crippen molar-refractivity contribution in [2.24, 2.45) is 11.7 Å². The smallest absolute Gasteiger partial charge is 0.119 e. The number of rotatable bonds is 14. The van der Waals surface area contributed by atoms with Crippen LogP contribution in [0, 0.1) is 5.92 Å². The molecule has 0 heterocycles. The van der Waals surface area contributed by atoms with E-state index in [4.69, 9.17) is 10.5 Å². The molecule has 3 N–H and O–H groups in total. The number of ether oxygens (including phenoxy) is 1. The third-order valence-corrected chi connectivity index (χ3v) is 4.60. The Hall–Kier alpha value is -1.06. The maximum absolute atomic E-state index is 9.45. The van der Waals surface area contributed by atoms with Crippen molar-refractivity contribution in [2.45, 2.75) is 77.7 Å². The molecule has 0 aromatic heterocycles. The molecule has 0 spiro atoms. The normalized spacial score (nSPS) is 13.7. The molecule has 2 unspecified atom stereocenters. The summed E-state index contributed by atoms with van der Waals surface area (Å²) in [5, 5.41) is 9.45. The average Bonchev–Trinajstić information content (AvgIpc) is 2.60. The molecular formula is C21H37NO2. The minimum absolute atomic E-state index is 0.0358. The molecular weight excluding hydrogens is 298 g/mol. The maximum atomic E-state index is 9.45. The summed E-state index contributed by atoms with van der Waals surface area (Å²) in [6.45, 7) is 5.38. The van der Waals surface area contributed by atoms with E-state index in [1.165, 1.54) is 32.1 Å². The third kappa shape index (κ3) is 8.70. The van der Waals surface area contributed by atoms with Gasteiger partial charge in [-0.3, -0.25) is 0 Å². The molecule has 2 atom stereocenters. The SMILES string of the molecule is CCCCCCCCOc1cccc(C(N)CC(CO)CCC)c1. The molecule has 0 saturated carbocycles. The van der Waals surface area contributed by atoms with Gasteiger partial charge in [-0.25, -0.2) is 0 Å². The fourth-order valence-electron chi connectivity index (χ4n) is 3.09. The minimum Gasteiger partial charge on any atom is -0.494 e. The van der Waals surface area contributed by atoms with Gasteiger partial charge in [0, 0.05) is 12.6 Å². The first-order chi connectivity index (χ1) is 11.7. The maximum Gasteiger partial charge on any atom is 0.119 e. The van der Waals surface area contributed by atoms with Crippen molar-refractivity contribution in [1.29, 1.82) is 0 Å². The molecule has 1 rings (SSSR count). The van der Waals surface area contributed by atoms with E-state index in [9.17, 15) is 5.11 Å². The zero-order valence-corrected chi connectivity index (χ0v) is 15.7. The van der Waals surface area contributed by atoms with Crippen LogP contribution in [-0.4, -0.2) is 18.3 Å². The summed E-state index contributed by atoms with van der Waals surface area (Å²) in [4.78, 5) is 0. The van der Waals surface area contributed by atoms with Crippen LogP contribution in [-0.2, 0) is 0 Å². The monoisotopic (exact) mass is 335 g/mol. The summed E-state index contributed by atoms with van der Waals surface area (Å²) in [6, 6.07) is 8.10. The summed E-state index contributed by atoms with van der Waals surface area (Å²) < 4.78 is 5.88. The van der Waals surface area contributed by atoms with Gasteiger partial charge in [0.2, 0.25) is 0 Å². The largest absolute Gasteiger partial charge is 0.494 e. The Morgan fingerprint density at radius 2 is 1.79 bits per heavy atom. The molecule has 0 aliphatic carbocycles. The van der Waals surface area contributed by atoms with E-state index in [1.54, 1.807) is 0 Å². The number of aliphatic hydroxyl groups is 1. The van der Waals surface area contributed by atoms with Gasteiger partial charge in [-0.05, 0) is 42.9 Å². The van der Waals surface area contributed by atoms with Crippen molar-refractivity contribution >= 4 is 0 Å². The van der Waals surface area contributed by atoms with Gasteiger partial charge < -0.3 is 15.6 Å². The molecule has 0 aliphatic heterocycles. The first-order valence-electron chi connectivity index (χ1n) is 9.80. The molecule has 0 fully saturated rings. The van der Waals surface area contributed by atoms with Crippen molar-refractivity contribution in [3.8, 4) is 5.75 Å². The van der Waals surface area contributed by atoms with E-state index in [1.807, 2.05) is 12.1 Å². The number of aliphatic hydroxyl groups excluding tert-OH is 1. The highest BCUT2D eigenvalue weighted by Gasteiger charge is 2.14. The number of hydrogen-bond acceptors (Lipinski definition) is 3. The van der Waals surface area contributed by atoms with E-state index in [0.717, 1.165) is 43.6 Å². The zero-order valence-electron chi connectivity index (χ0n) is 15.7. The van der Waals surface area contributed by atoms with Gasteiger partial charge in [-0.2, -0.15) is 0 Å². The Morgan fingerprint density at radius 1 is 1.04 bits per heavy atom. The topological polar surface area (TPSA) is 55.5 Å². The number of hydrogen-bond donors (Lipinski definition) is 2. The lowest BCUT2D eigenvalue weighted by molar-refractivity contribution is 0.202. The quantitative estimate of drug-likeness (QED) is 0.458. The van der Waals surface area contributed by atoms with Crippen molar-refractivity contribution in [3.63, 3.8) is 0 Å². The predicted octanol–water partition coefficient (Wildman–Crippen LogP) is 5.22. The molecule has 0 radical (unpaired) electrons. The Balaban J connectivity index is 2.37. The van der Waals surface area contributed by atoms with E-state index in [2.05, 4.69) is 26.0 Å². The summed E-state index contributed by atoms with van der Waals surface area (Å²) in [6.07, 6.45) is 10.6. The number of unbranched alkanes of at least 4 members (excludes halogenated alkanes) is 5. The van der Waals surface area contributed by atoms with Crippen LogP contribution < -0.4 is 10.5 Å². The third-order valence-electron chi connectivity index (χ3n) is 4.60. The Kier molecular flexibility index (Phi) is 11.6. The lowest BCUT2D eigenvalue weighted by Gasteiger charge is -2.19. The first kappa shape index (κ1) is 21.0. The van der Waals surface area contributed by atoms with E-state index in [0.29, 0.717) is 0 Å². The second-order valence-electron chi connectivity index (χ2n) is 6.87. The standard InChI is InChI=1S/C21H37NO2/c1-3-5-6-7-8-9-14-24-20-13-10-12-19(16-20)21(22)15-18(17-23)11-4-2/h10,12-13,16,18,21,23H,3-9,11,14-15,17,22H2,1-2H3. The van der Waals surface area contributed by atoms with Gasteiger partial charge in [0.15, 0.2) is 0 Å². The van der Waals surface area contributed by atoms with Crippen LogP contribution in [0.2, 0.25) is 0 Å². The van der Waals surface area contributed by atoms with Gasteiger partial charge in [0.1, 0.15) is 5.75 Å². The minimum atomic E-state index is -0.0358. The fraction of sp³-hybridized carbons (Fsp3) is 0.714. The van der Waals surface area contributed by atoms with Crippen LogP contribution in [0.15, 0.2) is 24.3 Å². The molecule has 138 valence electrons. The highest BCUT2D eigenvalue weighted by atomic mass is 16.5. The molecule has 0 amide bonds. The van der Waals surface area contributed by atoms with Gasteiger partial charge >= 0.3 is 0 Å². The first-order valence-corrected chi connectivity index (χ1v) is 9.80. The van der Waals surface area contributed by atoms with Crippen LogP contribution in [0.1, 0.15) is 83.2 Å². The van der Waals surface area contributed by atoms with Crippen LogP contribution in [0.25, 0.3) is 0 Å². The molecule has 0 aliphatic rings. The predicted molar refractivity (Wildman–Crippen MR) is 102 cm³/mol. The van der Waals surface area contributed by atoms with Crippen LogP contribution in [0.3, 0.4) is 0 Å². The summed E-state index contributed by atoms with van der Waals surface area (Å²) in [5.41, 5.74) is 7.43. The summed E-state index contributed by atoms with van der Waals surface area (Å²) in [5.74, 6) is 1.20. The second-order valence-corrected chi connectivity index (χ2v) is 6.87. The van der Waals surface area contributed by atoms with Crippen LogP contribution in [0.5, 0.6) is 5.75 Å². The zero-order chi connectivity index (χ0) is 17.6. The van der Waals surface area contributed by atoms with E-state index < -0.39 is 0 Å². The van der Waals surface area contributed by atoms with Gasteiger partial charge in [0.05, 0.1) is 6.61 Å². The molecule has 1 aromatic carbocycles. The lowest BCUT2D eigenvalue weighted by atomic mass is 9.92. The molecule has 0 saturated heterocycles. The van der Waals surface area contributed by atoms with Gasteiger partial charge in [-0.15, -0.1) is 0 Å². The van der Waals surface area contributed by atoms with Crippen molar-refractivity contribution in [3.05, 3.63) is 29.8 Å². The molecule has 3 nitrogen and oxygen atoms in total. The van der Waals surface area contributed by atoms with Crippen molar-refractivity contribution < 1.29 is 9.84 Å². The number of nitrogens with two attached hydrogens (primary N) is 1. The second kappa shape index (κ2) is 13.3. The van der Waals surface area contributed by atoms with Gasteiger partial charge in [0.25, 0.3) is 0 Å². The fourth-order valence-corrected chi connectivity index (χ4v) is 3.09. The lowest BCUT2D eigenvalue weighted by Crippen LogP contribution is -2.18. The highest BCUT2D eigenvalue weighted by Crippen LogP contribution is 2.25. The van der Waals surface area contributed by atoms with Crippen LogP contribution in [0.4, 0.5) is 0 Å².